The van der Waals surface area contributed by atoms with Crippen LogP contribution in [0.1, 0.15) is 38.6 Å². The van der Waals surface area contributed by atoms with Crippen molar-refractivity contribution in [2.24, 2.45) is 0 Å². The van der Waals surface area contributed by atoms with E-state index in [2.05, 4.69) is 25.2 Å². The second-order valence-electron chi connectivity index (χ2n) is 7.45. The van der Waals surface area contributed by atoms with Gasteiger partial charge < -0.3 is 10.2 Å². The van der Waals surface area contributed by atoms with E-state index in [1.807, 2.05) is 0 Å². The smallest absolute Gasteiger partial charge is 0.265 e. The van der Waals surface area contributed by atoms with Crippen molar-refractivity contribution in [1.29, 1.82) is 0 Å². The van der Waals surface area contributed by atoms with Crippen LogP contribution in [0.2, 0.25) is 0 Å². The number of halogens is 2. The minimum atomic E-state index is -0.964. The molecule has 1 amide bonds. The molecule has 1 N–H and O–H groups in total. The molecule has 1 atom stereocenters. The number of carbonyl (C=O) groups excluding carboxylic acids is 1. The summed E-state index contributed by atoms with van der Waals surface area (Å²) in [5.74, 6) is -1.58. The molecule has 0 unspecified atom stereocenters. The van der Waals surface area contributed by atoms with Crippen LogP contribution in [0.3, 0.4) is 0 Å². The molecule has 1 saturated heterocycles. The van der Waals surface area contributed by atoms with Crippen molar-refractivity contribution in [3.8, 4) is 0 Å². The van der Waals surface area contributed by atoms with Crippen molar-refractivity contribution in [2.75, 3.05) is 23.3 Å². The molecule has 3 heterocycles. The van der Waals surface area contributed by atoms with Crippen LogP contribution < -0.4 is 15.8 Å². The lowest BCUT2D eigenvalue weighted by Gasteiger charge is -2.26. The van der Waals surface area contributed by atoms with Crippen LogP contribution in [0.25, 0.3) is 11.0 Å². The summed E-state index contributed by atoms with van der Waals surface area (Å²) in [7, 11) is 0. The zero-order valence-electron chi connectivity index (χ0n) is 17.0. The Morgan fingerprint density at radius 1 is 1.19 bits per heavy atom. The summed E-state index contributed by atoms with van der Waals surface area (Å²) in [5.41, 5.74) is -0.514. The number of aromatic nitrogens is 4. The minimum absolute atomic E-state index is 0.187. The second kappa shape index (κ2) is 8.75. The Labute approximate surface area is 177 Å². The molecule has 0 spiro atoms. The molecule has 0 radical (unpaired) electrons. The van der Waals surface area contributed by atoms with Crippen LogP contribution >= 0.6 is 0 Å². The third kappa shape index (κ3) is 4.23. The lowest BCUT2D eigenvalue weighted by atomic mass is 10.1. The predicted molar refractivity (Wildman–Crippen MR) is 112 cm³/mol. The van der Waals surface area contributed by atoms with Gasteiger partial charge in [0.15, 0.2) is 5.65 Å². The number of hydrogen-bond acceptors (Lipinski definition) is 6. The summed E-state index contributed by atoms with van der Waals surface area (Å²) < 4.78 is 28.5. The molecule has 2 aromatic heterocycles. The molecular formula is C21H22F2N6O2. The monoisotopic (exact) mass is 428 g/mol. The molecule has 1 fully saturated rings. The predicted octanol–water partition coefficient (Wildman–Crippen LogP) is 3.04. The maximum Gasteiger partial charge on any atom is 0.265 e. The number of nitrogens with zero attached hydrogens (tertiary/aromatic N) is 5. The molecule has 0 bridgehead atoms. The molecule has 1 aliphatic heterocycles. The zero-order valence-corrected chi connectivity index (χ0v) is 17.0. The van der Waals surface area contributed by atoms with Crippen LogP contribution in [-0.2, 0) is 4.79 Å². The standard InChI is InChI=1S/C21H22F2N6O2/c1-2-17(19(30)26-16-10-13(22)6-7-15(16)23)29-12-25-18-14(20(29)31)11-24-21(27-18)28-8-4-3-5-9-28/h6-7,10-12,17H,2-5,8-9H2,1H3,(H,26,30)/t17-/m1/s1. The lowest BCUT2D eigenvalue weighted by Crippen LogP contribution is -2.34. The van der Waals surface area contributed by atoms with Crippen molar-refractivity contribution in [1.82, 2.24) is 19.5 Å². The van der Waals surface area contributed by atoms with Gasteiger partial charge >= 0.3 is 0 Å². The van der Waals surface area contributed by atoms with Crippen molar-refractivity contribution >= 4 is 28.6 Å². The fourth-order valence-electron chi connectivity index (χ4n) is 3.71. The number of nitrogens with one attached hydrogen (secondary N) is 1. The van der Waals surface area contributed by atoms with Gasteiger partial charge in [-0.25, -0.2) is 18.7 Å². The van der Waals surface area contributed by atoms with E-state index in [0.29, 0.717) is 5.95 Å². The number of hydrogen-bond donors (Lipinski definition) is 1. The highest BCUT2D eigenvalue weighted by Crippen LogP contribution is 2.20. The maximum atomic E-state index is 13.9. The van der Waals surface area contributed by atoms with Gasteiger partial charge in [-0.3, -0.25) is 14.2 Å². The van der Waals surface area contributed by atoms with Gasteiger partial charge in [0.05, 0.1) is 5.69 Å². The van der Waals surface area contributed by atoms with Gasteiger partial charge in [0.2, 0.25) is 11.9 Å². The number of rotatable bonds is 5. The van der Waals surface area contributed by atoms with E-state index < -0.39 is 29.1 Å². The quantitative estimate of drug-likeness (QED) is 0.672. The van der Waals surface area contributed by atoms with Gasteiger partial charge in [-0.05, 0) is 37.8 Å². The number of benzene rings is 1. The van der Waals surface area contributed by atoms with Gasteiger partial charge in [-0.15, -0.1) is 0 Å². The highest BCUT2D eigenvalue weighted by molar-refractivity contribution is 5.94. The minimum Gasteiger partial charge on any atom is -0.341 e. The highest BCUT2D eigenvalue weighted by atomic mass is 19.1. The van der Waals surface area contributed by atoms with Gasteiger partial charge in [0.25, 0.3) is 5.56 Å². The molecule has 10 heteroatoms. The molecule has 31 heavy (non-hydrogen) atoms. The molecule has 162 valence electrons. The average molecular weight is 428 g/mol. The molecule has 1 aromatic carbocycles. The molecular weight excluding hydrogens is 406 g/mol. The number of carbonyl (C=O) groups is 1. The van der Waals surface area contributed by atoms with E-state index in [9.17, 15) is 18.4 Å². The second-order valence-corrected chi connectivity index (χ2v) is 7.45. The molecule has 8 nitrogen and oxygen atoms in total. The first kappa shape index (κ1) is 20.8. The Morgan fingerprint density at radius 2 is 1.97 bits per heavy atom. The van der Waals surface area contributed by atoms with Gasteiger partial charge in [0.1, 0.15) is 29.4 Å². The summed E-state index contributed by atoms with van der Waals surface area (Å²) in [6, 6.07) is 1.80. The fourth-order valence-corrected chi connectivity index (χ4v) is 3.71. The fraction of sp³-hybridized carbons (Fsp3) is 0.381. The van der Waals surface area contributed by atoms with E-state index in [0.717, 1.165) is 44.1 Å². The first-order valence-electron chi connectivity index (χ1n) is 10.2. The number of fused-ring (bicyclic) bond motifs is 1. The van der Waals surface area contributed by atoms with Crippen molar-refractivity contribution in [3.05, 3.63) is 52.7 Å². The Hall–Kier alpha value is -3.43. The average Bonchev–Trinajstić information content (AvgIpc) is 2.78. The van der Waals surface area contributed by atoms with E-state index >= 15 is 0 Å². The Morgan fingerprint density at radius 3 is 2.71 bits per heavy atom. The van der Waals surface area contributed by atoms with E-state index in [1.165, 1.54) is 23.5 Å². The van der Waals surface area contributed by atoms with E-state index in [-0.39, 0.29) is 23.1 Å². The molecule has 0 saturated carbocycles. The normalized spacial score (nSPS) is 15.1. The van der Waals surface area contributed by atoms with Gasteiger partial charge in [0, 0.05) is 25.4 Å². The molecule has 3 aromatic rings. The van der Waals surface area contributed by atoms with Crippen LogP contribution in [-0.4, -0.2) is 38.5 Å². The van der Waals surface area contributed by atoms with Crippen LogP contribution in [0.15, 0.2) is 35.5 Å². The topological polar surface area (TPSA) is 93.0 Å². The number of piperidine rings is 1. The van der Waals surface area contributed by atoms with Crippen LogP contribution in [0.5, 0.6) is 0 Å². The van der Waals surface area contributed by atoms with Crippen molar-refractivity contribution < 1.29 is 13.6 Å². The Balaban J connectivity index is 1.63. The van der Waals surface area contributed by atoms with Crippen LogP contribution in [0.4, 0.5) is 20.4 Å². The summed E-state index contributed by atoms with van der Waals surface area (Å²) in [6.45, 7) is 3.42. The number of anilines is 2. The SMILES string of the molecule is CC[C@H](C(=O)Nc1cc(F)ccc1F)n1cnc2nc(N3CCCCC3)ncc2c1=O. The summed E-state index contributed by atoms with van der Waals surface area (Å²) >= 11 is 0. The van der Waals surface area contributed by atoms with Crippen molar-refractivity contribution in [2.45, 2.75) is 38.6 Å². The van der Waals surface area contributed by atoms with Gasteiger partial charge in [-0.2, -0.15) is 4.98 Å². The summed E-state index contributed by atoms with van der Waals surface area (Å²) in [5, 5.41) is 2.54. The molecule has 4 rings (SSSR count). The highest BCUT2D eigenvalue weighted by Gasteiger charge is 2.23. The maximum absolute atomic E-state index is 13.9. The third-order valence-electron chi connectivity index (χ3n) is 5.38. The lowest BCUT2D eigenvalue weighted by molar-refractivity contribution is -0.119. The molecule has 0 aliphatic carbocycles. The summed E-state index contributed by atoms with van der Waals surface area (Å²) in [4.78, 5) is 40.8. The van der Waals surface area contributed by atoms with Gasteiger partial charge in [-0.1, -0.05) is 6.92 Å². The Kier molecular flexibility index (Phi) is 5.88. The first-order chi connectivity index (χ1) is 15.0. The third-order valence-corrected chi connectivity index (χ3v) is 5.38. The Bertz CT molecular complexity index is 1180. The van der Waals surface area contributed by atoms with E-state index in [4.69, 9.17) is 0 Å². The van der Waals surface area contributed by atoms with E-state index in [1.54, 1.807) is 6.92 Å². The molecule has 1 aliphatic rings. The first-order valence-corrected chi connectivity index (χ1v) is 10.2. The van der Waals surface area contributed by atoms with Crippen molar-refractivity contribution in [3.63, 3.8) is 0 Å². The summed E-state index contributed by atoms with van der Waals surface area (Å²) in [6.07, 6.45) is 6.23. The van der Waals surface area contributed by atoms with Crippen LogP contribution in [0, 0.1) is 11.6 Å². The largest absolute Gasteiger partial charge is 0.341 e. The zero-order chi connectivity index (χ0) is 22.0. The number of amides is 1.